The number of benzene rings is 2. The lowest BCUT2D eigenvalue weighted by Crippen LogP contribution is -2.24. The molecule has 0 atom stereocenters. The van der Waals surface area contributed by atoms with Crippen molar-refractivity contribution in [3.8, 4) is 5.69 Å². The van der Waals surface area contributed by atoms with E-state index in [4.69, 9.17) is 23.2 Å². The number of sulfonamides is 1. The molecule has 0 unspecified atom stereocenters. The van der Waals surface area contributed by atoms with Gasteiger partial charge in [0.1, 0.15) is 4.90 Å². The largest absolute Gasteiger partial charge is 0.243 e. The minimum atomic E-state index is -3.87. The van der Waals surface area contributed by atoms with Crippen molar-refractivity contribution in [3.05, 3.63) is 76.0 Å². The highest BCUT2D eigenvalue weighted by molar-refractivity contribution is 7.89. The van der Waals surface area contributed by atoms with Crippen LogP contribution in [-0.2, 0) is 23.0 Å². The van der Waals surface area contributed by atoms with E-state index in [9.17, 15) is 8.42 Å². The van der Waals surface area contributed by atoms with E-state index in [0.717, 1.165) is 17.8 Å². The predicted molar refractivity (Wildman–Crippen MR) is 113 cm³/mol. The molecule has 0 bridgehead atoms. The molecule has 1 aromatic heterocycles. The van der Waals surface area contributed by atoms with E-state index in [0.29, 0.717) is 11.6 Å². The second-order valence-corrected chi connectivity index (χ2v) is 9.37. The van der Waals surface area contributed by atoms with Crippen molar-refractivity contribution in [1.82, 2.24) is 14.5 Å². The van der Waals surface area contributed by atoms with Crippen LogP contribution in [0.3, 0.4) is 0 Å². The SMILES string of the molecule is CC(C)Cc1cc(CNS(=O)(=O)c2c(Cl)cccc2Cl)nn1-c1ccccc1. The number of rotatable bonds is 7. The van der Waals surface area contributed by atoms with E-state index in [1.54, 1.807) is 6.07 Å². The number of hydrogen-bond acceptors (Lipinski definition) is 3. The lowest BCUT2D eigenvalue weighted by Gasteiger charge is -2.09. The average molecular weight is 438 g/mol. The fraction of sp³-hybridized carbons (Fsp3) is 0.250. The van der Waals surface area contributed by atoms with Crippen molar-refractivity contribution in [2.24, 2.45) is 5.92 Å². The summed E-state index contributed by atoms with van der Waals surface area (Å²) in [5.41, 5.74) is 2.57. The van der Waals surface area contributed by atoms with Gasteiger partial charge in [0.15, 0.2) is 0 Å². The van der Waals surface area contributed by atoms with Crippen LogP contribution in [0.5, 0.6) is 0 Å². The average Bonchev–Trinajstić information content (AvgIpc) is 3.02. The molecular weight excluding hydrogens is 417 g/mol. The van der Waals surface area contributed by atoms with Crippen LogP contribution in [0, 0.1) is 5.92 Å². The Hall–Kier alpha value is -1.86. The molecule has 0 saturated carbocycles. The maximum absolute atomic E-state index is 12.7. The molecule has 0 radical (unpaired) electrons. The standard InChI is InChI=1S/C20H21Cl2N3O2S/c1-14(2)11-17-12-15(24-25(17)16-7-4-3-5-8-16)13-23-28(26,27)20-18(21)9-6-10-19(20)22/h3-10,12,14,23H,11,13H2,1-2H3. The fourth-order valence-electron chi connectivity index (χ4n) is 2.90. The van der Waals surface area contributed by atoms with Crippen molar-refractivity contribution >= 4 is 33.2 Å². The third-order valence-electron chi connectivity index (χ3n) is 4.08. The summed E-state index contributed by atoms with van der Waals surface area (Å²) >= 11 is 12.1. The first-order chi connectivity index (χ1) is 13.3. The molecule has 0 aliphatic rings. The van der Waals surface area contributed by atoms with Gasteiger partial charge in [0.05, 0.1) is 28.0 Å². The monoisotopic (exact) mass is 437 g/mol. The summed E-state index contributed by atoms with van der Waals surface area (Å²) in [5, 5.41) is 4.76. The number of aromatic nitrogens is 2. The van der Waals surface area contributed by atoms with Crippen molar-refractivity contribution < 1.29 is 8.42 Å². The van der Waals surface area contributed by atoms with E-state index >= 15 is 0 Å². The van der Waals surface area contributed by atoms with Crippen LogP contribution < -0.4 is 4.72 Å². The van der Waals surface area contributed by atoms with Crippen LogP contribution in [0.15, 0.2) is 59.5 Å². The summed E-state index contributed by atoms with van der Waals surface area (Å²) in [6, 6.07) is 16.3. The molecular formula is C20H21Cl2N3O2S. The van der Waals surface area contributed by atoms with E-state index in [1.807, 2.05) is 41.1 Å². The first-order valence-electron chi connectivity index (χ1n) is 8.85. The van der Waals surface area contributed by atoms with Crippen LogP contribution in [0.25, 0.3) is 5.69 Å². The minimum absolute atomic E-state index is 0.0365. The molecule has 148 valence electrons. The van der Waals surface area contributed by atoms with Gasteiger partial charge in [-0.3, -0.25) is 0 Å². The normalized spacial score (nSPS) is 11.9. The van der Waals surface area contributed by atoms with Crippen LogP contribution in [0.2, 0.25) is 10.0 Å². The maximum Gasteiger partial charge on any atom is 0.243 e. The Balaban J connectivity index is 1.88. The third-order valence-corrected chi connectivity index (χ3v) is 6.44. The van der Waals surface area contributed by atoms with Gasteiger partial charge in [-0.2, -0.15) is 5.10 Å². The van der Waals surface area contributed by atoms with Gasteiger partial charge in [-0.05, 0) is 42.7 Å². The van der Waals surface area contributed by atoms with Crippen LogP contribution in [0.1, 0.15) is 25.2 Å². The Kier molecular flexibility index (Phi) is 6.45. The zero-order chi connectivity index (χ0) is 20.3. The summed E-state index contributed by atoms with van der Waals surface area (Å²) < 4.78 is 29.7. The van der Waals surface area contributed by atoms with Gasteiger partial charge in [-0.1, -0.05) is 61.3 Å². The second-order valence-electron chi connectivity index (χ2n) is 6.85. The van der Waals surface area contributed by atoms with Crippen molar-refractivity contribution in [2.45, 2.75) is 31.7 Å². The molecule has 0 aliphatic carbocycles. The van der Waals surface area contributed by atoms with Crippen LogP contribution in [0.4, 0.5) is 0 Å². The van der Waals surface area contributed by atoms with Crippen LogP contribution >= 0.6 is 23.2 Å². The number of nitrogens with zero attached hydrogens (tertiary/aromatic N) is 2. The Bertz CT molecular complexity index is 1040. The van der Waals surface area contributed by atoms with E-state index < -0.39 is 10.0 Å². The first kappa shape index (κ1) is 20.9. The van der Waals surface area contributed by atoms with Gasteiger partial charge in [0.2, 0.25) is 10.0 Å². The minimum Gasteiger partial charge on any atom is -0.238 e. The summed E-state index contributed by atoms with van der Waals surface area (Å²) in [7, 11) is -3.87. The summed E-state index contributed by atoms with van der Waals surface area (Å²) in [6.07, 6.45) is 0.824. The number of hydrogen-bond donors (Lipinski definition) is 1. The molecule has 0 fully saturated rings. The summed E-state index contributed by atoms with van der Waals surface area (Å²) in [5.74, 6) is 0.436. The topological polar surface area (TPSA) is 64.0 Å². The molecule has 5 nitrogen and oxygen atoms in total. The number of para-hydroxylation sites is 1. The Morgan fingerprint density at radius 3 is 2.29 bits per heavy atom. The van der Waals surface area contributed by atoms with Gasteiger partial charge >= 0.3 is 0 Å². The summed E-state index contributed by atoms with van der Waals surface area (Å²) in [6.45, 7) is 4.29. The van der Waals surface area contributed by atoms with Gasteiger partial charge in [-0.15, -0.1) is 0 Å². The zero-order valence-electron chi connectivity index (χ0n) is 15.6. The molecule has 1 heterocycles. The molecule has 2 aromatic carbocycles. The maximum atomic E-state index is 12.7. The molecule has 8 heteroatoms. The molecule has 0 amide bonds. The van der Waals surface area contributed by atoms with Gasteiger partial charge < -0.3 is 0 Å². The molecule has 1 N–H and O–H groups in total. The van der Waals surface area contributed by atoms with Gasteiger partial charge in [0.25, 0.3) is 0 Å². The van der Waals surface area contributed by atoms with Gasteiger partial charge in [-0.25, -0.2) is 17.8 Å². The van der Waals surface area contributed by atoms with Crippen LogP contribution in [-0.4, -0.2) is 18.2 Å². The lowest BCUT2D eigenvalue weighted by atomic mass is 10.1. The molecule has 0 spiro atoms. The molecule has 0 aliphatic heterocycles. The Morgan fingerprint density at radius 1 is 1.04 bits per heavy atom. The highest BCUT2D eigenvalue weighted by Crippen LogP contribution is 2.29. The van der Waals surface area contributed by atoms with Crippen molar-refractivity contribution in [3.63, 3.8) is 0 Å². The second kappa shape index (κ2) is 8.66. The van der Waals surface area contributed by atoms with E-state index in [1.165, 1.54) is 12.1 Å². The summed E-state index contributed by atoms with van der Waals surface area (Å²) in [4.78, 5) is -0.122. The number of halogens is 2. The van der Waals surface area contributed by atoms with Crippen molar-refractivity contribution in [2.75, 3.05) is 0 Å². The van der Waals surface area contributed by atoms with Gasteiger partial charge in [0, 0.05) is 5.69 Å². The quantitative estimate of drug-likeness (QED) is 0.573. The number of nitrogens with one attached hydrogen (secondary N) is 1. The highest BCUT2D eigenvalue weighted by atomic mass is 35.5. The smallest absolute Gasteiger partial charge is 0.238 e. The van der Waals surface area contributed by atoms with Crippen molar-refractivity contribution in [1.29, 1.82) is 0 Å². The fourth-order valence-corrected chi connectivity index (χ4v) is 5.04. The third kappa shape index (κ3) is 4.75. The molecule has 28 heavy (non-hydrogen) atoms. The molecule has 0 saturated heterocycles. The lowest BCUT2D eigenvalue weighted by molar-refractivity contribution is 0.580. The van der Waals surface area contributed by atoms with E-state index in [2.05, 4.69) is 23.7 Å². The Labute approximate surface area is 175 Å². The zero-order valence-corrected chi connectivity index (χ0v) is 17.9. The molecule has 3 rings (SSSR count). The predicted octanol–water partition coefficient (Wildman–Crippen LogP) is 4.86. The molecule has 3 aromatic rings. The highest BCUT2D eigenvalue weighted by Gasteiger charge is 2.22. The first-order valence-corrected chi connectivity index (χ1v) is 11.1. The van der Waals surface area contributed by atoms with E-state index in [-0.39, 0.29) is 21.5 Å². The Morgan fingerprint density at radius 2 is 1.68 bits per heavy atom.